The molecule has 1 saturated heterocycles. The Labute approximate surface area is 123 Å². The summed E-state index contributed by atoms with van der Waals surface area (Å²) in [5.41, 5.74) is 1.67. The Bertz CT molecular complexity index is 572. The van der Waals surface area contributed by atoms with E-state index in [-0.39, 0.29) is 5.91 Å². The van der Waals surface area contributed by atoms with Gasteiger partial charge in [-0.05, 0) is 36.4 Å². The first-order chi connectivity index (χ1) is 10.3. The number of ether oxygens (including phenoxy) is 1. The lowest BCUT2D eigenvalue weighted by Crippen LogP contribution is -2.40. The van der Waals surface area contributed by atoms with Crippen LogP contribution in [0.25, 0.3) is 0 Å². The third-order valence-corrected chi connectivity index (χ3v) is 3.48. The Morgan fingerprint density at radius 1 is 1.14 bits per heavy atom. The number of carbonyl (C=O) groups is 1. The molecule has 0 bridgehead atoms. The Morgan fingerprint density at radius 3 is 2.57 bits per heavy atom. The molecule has 1 amide bonds. The minimum atomic E-state index is 0.0656. The number of anilines is 1. The van der Waals surface area contributed by atoms with E-state index < -0.39 is 0 Å². The summed E-state index contributed by atoms with van der Waals surface area (Å²) >= 11 is 0. The Hall–Kier alpha value is -2.27. The molecule has 0 unspecified atom stereocenters. The Kier molecular flexibility index (Phi) is 4.21. The molecule has 1 fully saturated rings. The fraction of sp³-hybridized carbons (Fsp3) is 0.312. The van der Waals surface area contributed by atoms with Crippen molar-refractivity contribution in [1.82, 2.24) is 4.90 Å². The van der Waals surface area contributed by atoms with Gasteiger partial charge in [-0.2, -0.15) is 0 Å². The molecule has 1 aromatic carbocycles. The standard InChI is InChI=1S/C16H18N2O3/c19-16(18-7-10-20-11-8-18)13-3-5-14(6-4-13)17-12-15-2-1-9-21-15/h1-6,9,17H,7-8,10-12H2. The number of amides is 1. The van der Waals surface area contributed by atoms with Crippen LogP contribution < -0.4 is 5.32 Å². The van der Waals surface area contributed by atoms with Gasteiger partial charge in [0.1, 0.15) is 5.76 Å². The van der Waals surface area contributed by atoms with Crippen molar-refractivity contribution < 1.29 is 13.9 Å². The van der Waals surface area contributed by atoms with E-state index in [1.54, 1.807) is 6.26 Å². The lowest BCUT2D eigenvalue weighted by atomic mass is 10.1. The van der Waals surface area contributed by atoms with Crippen molar-refractivity contribution >= 4 is 11.6 Å². The number of nitrogens with zero attached hydrogens (tertiary/aromatic N) is 1. The van der Waals surface area contributed by atoms with Crippen molar-refractivity contribution in [2.24, 2.45) is 0 Å². The summed E-state index contributed by atoms with van der Waals surface area (Å²) in [7, 11) is 0. The fourth-order valence-electron chi connectivity index (χ4n) is 2.28. The average Bonchev–Trinajstić information content (AvgIpc) is 3.07. The highest BCUT2D eigenvalue weighted by atomic mass is 16.5. The number of furan rings is 1. The van der Waals surface area contributed by atoms with Crippen molar-refractivity contribution in [1.29, 1.82) is 0 Å². The molecule has 0 radical (unpaired) electrons. The largest absolute Gasteiger partial charge is 0.467 e. The second-order valence-corrected chi connectivity index (χ2v) is 4.91. The molecule has 1 aliphatic heterocycles. The van der Waals surface area contributed by atoms with E-state index in [0.717, 1.165) is 11.4 Å². The molecule has 0 spiro atoms. The molecule has 0 saturated carbocycles. The van der Waals surface area contributed by atoms with Crippen LogP contribution in [0.2, 0.25) is 0 Å². The van der Waals surface area contributed by atoms with Crippen LogP contribution in [0.15, 0.2) is 47.1 Å². The van der Waals surface area contributed by atoms with Gasteiger partial charge in [-0.15, -0.1) is 0 Å². The Balaban J connectivity index is 1.59. The summed E-state index contributed by atoms with van der Waals surface area (Å²) in [5, 5.41) is 3.25. The molecule has 2 heterocycles. The molecule has 110 valence electrons. The van der Waals surface area contributed by atoms with Crippen molar-refractivity contribution in [2.45, 2.75) is 6.54 Å². The van der Waals surface area contributed by atoms with Gasteiger partial charge in [-0.1, -0.05) is 0 Å². The van der Waals surface area contributed by atoms with Crippen molar-refractivity contribution in [3.63, 3.8) is 0 Å². The van der Waals surface area contributed by atoms with Crippen molar-refractivity contribution in [3.05, 3.63) is 54.0 Å². The average molecular weight is 286 g/mol. The predicted octanol–water partition coefficient (Wildman–Crippen LogP) is 2.36. The van der Waals surface area contributed by atoms with Gasteiger partial charge in [0.15, 0.2) is 0 Å². The molecule has 2 aromatic rings. The zero-order valence-electron chi connectivity index (χ0n) is 11.7. The molecular formula is C16H18N2O3. The second kappa shape index (κ2) is 6.45. The lowest BCUT2D eigenvalue weighted by molar-refractivity contribution is 0.0303. The van der Waals surface area contributed by atoms with Crippen LogP contribution >= 0.6 is 0 Å². The number of benzene rings is 1. The van der Waals surface area contributed by atoms with Gasteiger partial charge in [0.25, 0.3) is 5.91 Å². The van der Waals surface area contributed by atoms with Crippen LogP contribution in [-0.2, 0) is 11.3 Å². The molecule has 1 aliphatic rings. The monoisotopic (exact) mass is 286 g/mol. The first-order valence-corrected chi connectivity index (χ1v) is 7.06. The van der Waals surface area contributed by atoms with Crippen LogP contribution in [0.1, 0.15) is 16.1 Å². The maximum Gasteiger partial charge on any atom is 0.254 e. The molecule has 3 rings (SSSR count). The van der Waals surface area contributed by atoms with E-state index in [2.05, 4.69) is 5.32 Å². The summed E-state index contributed by atoms with van der Waals surface area (Å²) in [5.74, 6) is 0.944. The number of hydrogen-bond donors (Lipinski definition) is 1. The van der Waals surface area contributed by atoms with Crippen LogP contribution in [0, 0.1) is 0 Å². The summed E-state index contributed by atoms with van der Waals surface area (Å²) in [6, 6.07) is 11.3. The molecule has 1 aromatic heterocycles. The Morgan fingerprint density at radius 2 is 1.90 bits per heavy atom. The van der Waals surface area contributed by atoms with Gasteiger partial charge < -0.3 is 19.4 Å². The highest BCUT2D eigenvalue weighted by Crippen LogP contribution is 2.14. The van der Waals surface area contributed by atoms with E-state index in [1.165, 1.54) is 0 Å². The molecule has 5 heteroatoms. The zero-order chi connectivity index (χ0) is 14.5. The number of hydrogen-bond acceptors (Lipinski definition) is 4. The number of morpholine rings is 1. The number of carbonyl (C=O) groups excluding carboxylic acids is 1. The van der Waals surface area contributed by atoms with Gasteiger partial charge >= 0.3 is 0 Å². The zero-order valence-corrected chi connectivity index (χ0v) is 11.7. The van der Waals surface area contributed by atoms with Gasteiger partial charge in [-0.3, -0.25) is 4.79 Å². The molecule has 21 heavy (non-hydrogen) atoms. The highest BCUT2D eigenvalue weighted by molar-refractivity contribution is 5.94. The highest BCUT2D eigenvalue weighted by Gasteiger charge is 2.18. The van der Waals surface area contributed by atoms with Gasteiger partial charge in [0.2, 0.25) is 0 Å². The van der Waals surface area contributed by atoms with Gasteiger partial charge in [0, 0.05) is 24.3 Å². The second-order valence-electron chi connectivity index (χ2n) is 4.91. The normalized spacial score (nSPS) is 15.0. The molecule has 5 nitrogen and oxygen atoms in total. The van der Waals surface area contributed by atoms with Crippen molar-refractivity contribution in [3.8, 4) is 0 Å². The first-order valence-electron chi connectivity index (χ1n) is 7.06. The third kappa shape index (κ3) is 3.44. The molecule has 0 aliphatic carbocycles. The summed E-state index contributed by atoms with van der Waals surface area (Å²) in [6.45, 7) is 3.20. The smallest absolute Gasteiger partial charge is 0.254 e. The lowest BCUT2D eigenvalue weighted by Gasteiger charge is -2.26. The van der Waals surface area contributed by atoms with Gasteiger partial charge in [0.05, 0.1) is 26.0 Å². The molecule has 0 atom stereocenters. The SMILES string of the molecule is O=C(c1ccc(NCc2ccco2)cc1)N1CCOCC1. The van der Waals surface area contributed by atoms with E-state index in [1.807, 2.05) is 41.3 Å². The van der Waals surface area contributed by atoms with Crippen LogP contribution in [0.4, 0.5) is 5.69 Å². The van der Waals surface area contributed by atoms with E-state index in [0.29, 0.717) is 38.4 Å². The minimum absolute atomic E-state index is 0.0656. The molecule has 1 N–H and O–H groups in total. The summed E-state index contributed by atoms with van der Waals surface area (Å²) in [4.78, 5) is 14.1. The van der Waals surface area contributed by atoms with E-state index in [4.69, 9.17) is 9.15 Å². The number of rotatable bonds is 4. The van der Waals surface area contributed by atoms with Crippen molar-refractivity contribution in [2.75, 3.05) is 31.6 Å². The minimum Gasteiger partial charge on any atom is -0.467 e. The topological polar surface area (TPSA) is 54.7 Å². The van der Waals surface area contributed by atoms with E-state index in [9.17, 15) is 4.79 Å². The maximum absolute atomic E-state index is 12.3. The quantitative estimate of drug-likeness (QED) is 0.937. The van der Waals surface area contributed by atoms with Crippen LogP contribution in [0.5, 0.6) is 0 Å². The van der Waals surface area contributed by atoms with Gasteiger partial charge in [-0.25, -0.2) is 0 Å². The van der Waals surface area contributed by atoms with Crippen LogP contribution in [-0.4, -0.2) is 37.1 Å². The first kappa shape index (κ1) is 13.7. The van der Waals surface area contributed by atoms with E-state index >= 15 is 0 Å². The summed E-state index contributed by atoms with van der Waals surface area (Å²) in [6.07, 6.45) is 1.65. The summed E-state index contributed by atoms with van der Waals surface area (Å²) < 4.78 is 10.5. The van der Waals surface area contributed by atoms with Crippen LogP contribution in [0.3, 0.4) is 0 Å². The number of nitrogens with one attached hydrogen (secondary N) is 1. The predicted molar refractivity (Wildman–Crippen MR) is 79.2 cm³/mol. The maximum atomic E-state index is 12.3. The fourth-order valence-corrected chi connectivity index (χ4v) is 2.28. The third-order valence-electron chi connectivity index (χ3n) is 3.48. The molecular weight excluding hydrogens is 268 g/mol.